The van der Waals surface area contributed by atoms with Gasteiger partial charge in [0, 0.05) is 17.2 Å². The van der Waals surface area contributed by atoms with Gasteiger partial charge in [-0.25, -0.2) is 5.43 Å². The fourth-order valence-corrected chi connectivity index (χ4v) is 3.09. The predicted molar refractivity (Wildman–Crippen MR) is 89.6 cm³/mol. The Morgan fingerprint density at radius 3 is 2.77 bits per heavy atom. The number of amides is 1. The van der Waals surface area contributed by atoms with E-state index in [1.165, 1.54) is 0 Å². The number of nitrogens with zero attached hydrogens (tertiary/aromatic N) is 1. The second kappa shape index (κ2) is 7.19. The van der Waals surface area contributed by atoms with Gasteiger partial charge in [0.15, 0.2) is 0 Å². The first-order chi connectivity index (χ1) is 10.5. The Morgan fingerprint density at radius 2 is 2.18 bits per heavy atom. The van der Waals surface area contributed by atoms with Gasteiger partial charge in [0.05, 0.1) is 22.3 Å². The number of hydrogen-bond donors (Lipinski definition) is 1. The molecule has 0 saturated carbocycles. The summed E-state index contributed by atoms with van der Waals surface area (Å²) in [5.41, 5.74) is 5.40. The lowest BCUT2D eigenvalue weighted by Gasteiger charge is -2.19. The summed E-state index contributed by atoms with van der Waals surface area (Å²) in [6.45, 7) is 3.96. The third-order valence-corrected chi connectivity index (χ3v) is 4.63. The second-order valence-electron chi connectivity index (χ2n) is 5.23. The van der Waals surface area contributed by atoms with E-state index in [0.717, 1.165) is 21.7 Å². The molecule has 1 heterocycles. The number of hydrogen-bond acceptors (Lipinski definition) is 3. The van der Waals surface area contributed by atoms with E-state index in [1.807, 2.05) is 44.2 Å². The van der Waals surface area contributed by atoms with E-state index in [2.05, 4.69) is 16.4 Å². The van der Waals surface area contributed by atoms with Gasteiger partial charge in [-0.3, -0.25) is 9.00 Å². The van der Waals surface area contributed by atoms with E-state index in [0.29, 0.717) is 6.42 Å². The van der Waals surface area contributed by atoms with E-state index in [1.54, 1.807) is 0 Å². The van der Waals surface area contributed by atoms with Crippen LogP contribution in [0.2, 0.25) is 0 Å². The average Bonchev–Trinajstić information content (AvgIpc) is 2.48. The second-order valence-corrected chi connectivity index (χ2v) is 6.68. The van der Waals surface area contributed by atoms with Crippen molar-refractivity contribution >= 4 is 28.5 Å². The molecule has 2 rings (SSSR count). The summed E-state index contributed by atoms with van der Waals surface area (Å²) in [5.74, 6) is 2.68. The molecule has 0 bridgehead atoms. The van der Waals surface area contributed by atoms with Crippen LogP contribution in [-0.4, -0.2) is 21.6 Å². The number of nitrogens with one attached hydrogen (secondary N) is 1. The smallest absolute Gasteiger partial charge is 0.240 e. The quantitative estimate of drug-likeness (QED) is 0.867. The molecule has 22 heavy (non-hydrogen) atoms. The standard InChI is InChI=1S/C17H18N2O2S/c1-4-9-22(21)15-7-5-14(6-8-15)10-12(2)17-13(3)11-16(20)18-19-17/h1,5-8,10,13H,9,11H2,2-3H3,(H,18,20). The first-order valence-electron chi connectivity index (χ1n) is 6.98. The van der Waals surface area contributed by atoms with Gasteiger partial charge in [-0.05, 0) is 30.2 Å². The third-order valence-electron chi connectivity index (χ3n) is 3.40. The van der Waals surface area contributed by atoms with Crippen LogP contribution in [0.5, 0.6) is 0 Å². The zero-order chi connectivity index (χ0) is 16.1. The molecule has 4 nitrogen and oxygen atoms in total. The van der Waals surface area contributed by atoms with E-state index in [-0.39, 0.29) is 17.6 Å². The summed E-state index contributed by atoms with van der Waals surface area (Å²) in [4.78, 5) is 12.0. The van der Waals surface area contributed by atoms with Gasteiger partial charge in [-0.1, -0.05) is 31.1 Å². The molecule has 0 saturated heterocycles. The lowest BCUT2D eigenvalue weighted by atomic mass is 9.94. The molecule has 1 aromatic carbocycles. The first kappa shape index (κ1) is 16.2. The highest BCUT2D eigenvalue weighted by Gasteiger charge is 2.21. The van der Waals surface area contributed by atoms with Crippen LogP contribution in [0, 0.1) is 18.3 Å². The summed E-state index contributed by atoms with van der Waals surface area (Å²) in [6, 6.07) is 7.45. The Bertz CT molecular complexity index is 696. The van der Waals surface area contributed by atoms with Crippen molar-refractivity contribution in [1.82, 2.24) is 5.43 Å². The summed E-state index contributed by atoms with van der Waals surface area (Å²) < 4.78 is 11.8. The molecular weight excluding hydrogens is 296 g/mol. The van der Waals surface area contributed by atoms with Gasteiger partial charge in [-0.15, -0.1) is 6.42 Å². The van der Waals surface area contributed by atoms with Crippen molar-refractivity contribution in [1.29, 1.82) is 0 Å². The van der Waals surface area contributed by atoms with Gasteiger partial charge in [0.2, 0.25) is 5.91 Å². The number of hydrazone groups is 1. The minimum Gasteiger partial charge on any atom is -0.273 e. The molecule has 5 heteroatoms. The molecule has 0 aromatic heterocycles. The number of terminal acetylenes is 1. The average molecular weight is 314 g/mol. The minimum absolute atomic E-state index is 0.0515. The van der Waals surface area contributed by atoms with Crippen LogP contribution in [0.4, 0.5) is 0 Å². The summed E-state index contributed by atoms with van der Waals surface area (Å²) >= 11 is 0. The number of carbonyl (C=O) groups excluding carboxylic acids is 1. The molecule has 0 fully saturated rings. The predicted octanol–water partition coefficient (Wildman–Crippen LogP) is 2.34. The molecule has 0 spiro atoms. The Hall–Kier alpha value is -2.19. The zero-order valence-corrected chi connectivity index (χ0v) is 13.4. The van der Waals surface area contributed by atoms with Crippen LogP contribution in [0.25, 0.3) is 6.08 Å². The van der Waals surface area contributed by atoms with Crippen LogP contribution in [0.3, 0.4) is 0 Å². The summed E-state index contributed by atoms with van der Waals surface area (Å²) in [7, 11) is -1.15. The number of benzene rings is 1. The number of allylic oxidation sites excluding steroid dienone is 1. The minimum atomic E-state index is -1.15. The van der Waals surface area contributed by atoms with Gasteiger partial charge in [0.25, 0.3) is 0 Å². The van der Waals surface area contributed by atoms with Crippen LogP contribution in [0.1, 0.15) is 25.8 Å². The molecule has 0 aliphatic carbocycles. The molecular formula is C17H18N2O2S. The molecule has 1 aliphatic rings. The van der Waals surface area contributed by atoms with Crippen LogP contribution >= 0.6 is 0 Å². The monoisotopic (exact) mass is 314 g/mol. The molecule has 1 amide bonds. The highest BCUT2D eigenvalue weighted by molar-refractivity contribution is 7.85. The van der Waals surface area contributed by atoms with Crippen molar-refractivity contribution in [2.45, 2.75) is 25.2 Å². The zero-order valence-electron chi connectivity index (χ0n) is 12.6. The fourth-order valence-electron chi connectivity index (χ4n) is 2.33. The van der Waals surface area contributed by atoms with Crippen LogP contribution in [0.15, 0.2) is 39.8 Å². The molecule has 0 radical (unpaired) electrons. The maximum atomic E-state index is 11.8. The lowest BCUT2D eigenvalue weighted by molar-refractivity contribution is -0.121. The number of carbonyl (C=O) groups is 1. The fraction of sp³-hybridized carbons (Fsp3) is 0.294. The Balaban J connectivity index is 2.17. The van der Waals surface area contributed by atoms with Gasteiger partial charge >= 0.3 is 0 Å². The molecule has 1 N–H and O–H groups in total. The third kappa shape index (κ3) is 3.92. The Kier molecular flexibility index (Phi) is 5.29. The van der Waals surface area contributed by atoms with E-state index >= 15 is 0 Å². The van der Waals surface area contributed by atoms with Gasteiger partial charge < -0.3 is 0 Å². The van der Waals surface area contributed by atoms with Crippen molar-refractivity contribution in [2.75, 3.05) is 5.75 Å². The van der Waals surface area contributed by atoms with E-state index < -0.39 is 10.8 Å². The molecule has 2 unspecified atom stereocenters. The van der Waals surface area contributed by atoms with Crippen LogP contribution < -0.4 is 5.43 Å². The Morgan fingerprint density at radius 1 is 1.50 bits per heavy atom. The highest BCUT2D eigenvalue weighted by Crippen LogP contribution is 2.18. The normalized spacial score (nSPS) is 19.9. The molecule has 1 aromatic rings. The molecule has 1 aliphatic heterocycles. The molecule has 2 atom stereocenters. The molecule has 114 valence electrons. The van der Waals surface area contributed by atoms with Crippen molar-refractivity contribution in [3.8, 4) is 12.3 Å². The number of rotatable bonds is 4. The maximum absolute atomic E-state index is 11.8. The Labute approximate surface area is 133 Å². The van der Waals surface area contributed by atoms with E-state index in [4.69, 9.17) is 6.42 Å². The maximum Gasteiger partial charge on any atom is 0.240 e. The van der Waals surface area contributed by atoms with Crippen molar-refractivity contribution in [3.63, 3.8) is 0 Å². The topological polar surface area (TPSA) is 58.5 Å². The van der Waals surface area contributed by atoms with Crippen molar-refractivity contribution in [3.05, 3.63) is 35.4 Å². The first-order valence-corrected chi connectivity index (χ1v) is 8.30. The summed E-state index contributed by atoms with van der Waals surface area (Å²) in [6.07, 6.45) is 7.63. The van der Waals surface area contributed by atoms with Crippen molar-refractivity contribution in [2.24, 2.45) is 11.0 Å². The lowest BCUT2D eigenvalue weighted by Crippen LogP contribution is -2.31. The van der Waals surface area contributed by atoms with Crippen LogP contribution in [-0.2, 0) is 15.6 Å². The van der Waals surface area contributed by atoms with Gasteiger partial charge in [0.1, 0.15) is 0 Å². The van der Waals surface area contributed by atoms with Crippen molar-refractivity contribution < 1.29 is 9.00 Å². The largest absolute Gasteiger partial charge is 0.273 e. The van der Waals surface area contributed by atoms with Gasteiger partial charge in [-0.2, -0.15) is 5.10 Å². The summed E-state index contributed by atoms with van der Waals surface area (Å²) in [5, 5.41) is 4.14. The van der Waals surface area contributed by atoms with E-state index in [9.17, 15) is 9.00 Å². The highest BCUT2D eigenvalue weighted by atomic mass is 32.2. The SMILES string of the molecule is C#CCS(=O)c1ccc(C=C(C)C2=NNC(=O)CC2C)cc1.